The summed E-state index contributed by atoms with van der Waals surface area (Å²) in [4.78, 5) is 9.25. The number of benzene rings is 1. The van der Waals surface area contributed by atoms with Gasteiger partial charge in [0.1, 0.15) is 5.82 Å². The van der Waals surface area contributed by atoms with Crippen LogP contribution in [0.4, 0.5) is 11.8 Å². The van der Waals surface area contributed by atoms with E-state index in [4.69, 9.17) is 0 Å². The lowest BCUT2D eigenvalue weighted by Gasteiger charge is -2.21. The minimum atomic E-state index is -0.0633. The van der Waals surface area contributed by atoms with Crippen molar-refractivity contribution in [1.29, 1.82) is 0 Å². The Bertz CT molecular complexity index is 612. The second kappa shape index (κ2) is 5.35. The van der Waals surface area contributed by atoms with Crippen LogP contribution in [-0.2, 0) is 0 Å². The third-order valence-corrected chi connectivity index (χ3v) is 3.21. The largest absolute Gasteiger partial charge is 0.367 e. The highest BCUT2D eigenvalue weighted by atomic mass is 15.2. The molecule has 0 saturated heterocycles. The van der Waals surface area contributed by atoms with Crippen LogP contribution in [0.25, 0.3) is 11.3 Å². The normalized spacial score (nSPS) is 14.8. The molecule has 0 amide bonds. The topological polar surface area (TPSA) is 49.8 Å². The van der Waals surface area contributed by atoms with Crippen molar-refractivity contribution in [3.8, 4) is 11.3 Å². The van der Waals surface area contributed by atoms with Crippen LogP contribution in [0, 0.1) is 0 Å². The number of rotatable bonds is 4. The fraction of sp³-hybridized carbons (Fsp3) is 0.412. The number of nitrogens with zero attached hydrogens (tertiary/aromatic N) is 2. The van der Waals surface area contributed by atoms with Crippen LogP contribution in [0.15, 0.2) is 36.4 Å². The number of anilines is 2. The summed E-state index contributed by atoms with van der Waals surface area (Å²) in [6.45, 7) is 6.33. The van der Waals surface area contributed by atoms with Gasteiger partial charge in [0.25, 0.3) is 0 Å². The van der Waals surface area contributed by atoms with Gasteiger partial charge >= 0.3 is 0 Å². The molecule has 0 aliphatic heterocycles. The highest BCUT2D eigenvalue weighted by Gasteiger charge is 2.22. The van der Waals surface area contributed by atoms with E-state index in [1.54, 1.807) is 0 Å². The number of hydrogen-bond acceptors (Lipinski definition) is 4. The van der Waals surface area contributed by atoms with Crippen molar-refractivity contribution in [1.82, 2.24) is 9.97 Å². The Morgan fingerprint density at radius 3 is 2.38 bits per heavy atom. The molecular formula is C17H22N4. The molecule has 0 spiro atoms. The Balaban J connectivity index is 1.95. The average molecular weight is 282 g/mol. The first-order valence-corrected chi connectivity index (χ1v) is 7.49. The van der Waals surface area contributed by atoms with Crippen LogP contribution in [0.1, 0.15) is 33.6 Å². The molecule has 1 aliphatic rings. The smallest absolute Gasteiger partial charge is 0.225 e. The SMILES string of the molecule is CC(C)(C)Nc1nc(NC2CC2)cc(-c2ccccc2)n1. The van der Waals surface area contributed by atoms with Gasteiger partial charge in [-0.1, -0.05) is 30.3 Å². The van der Waals surface area contributed by atoms with Crippen molar-refractivity contribution >= 4 is 11.8 Å². The maximum atomic E-state index is 4.65. The van der Waals surface area contributed by atoms with Crippen molar-refractivity contribution in [3.05, 3.63) is 36.4 Å². The van der Waals surface area contributed by atoms with Gasteiger partial charge in [-0.25, -0.2) is 4.98 Å². The van der Waals surface area contributed by atoms with E-state index in [0.717, 1.165) is 17.1 Å². The van der Waals surface area contributed by atoms with E-state index in [1.165, 1.54) is 12.8 Å². The van der Waals surface area contributed by atoms with Gasteiger partial charge in [-0.15, -0.1) is 0 Å². The predicted molar refractivity (Wildman–Crippen MR) is 87.5 cm³/mol. The van der Waals surface area contributed by atoms with Crippen molar-refractivity contribution in [3.63, 3.8) is 0 Å². The first kappa shape index (κ1) is 13.9. The van der Waals surface area contributed by atoms with Crippen molar-refractivity contribution in [2.45, 2.75) is 45.2 Å². The van der Waals surface area contributed by atoms with Gasteiger partial charge in [0.05, 0.1) is 5.69 Å². The first-order chi connectivity index (χ1) is 9.99. The lowest BCUT2D eigenvalue weighted by molar-refractivity contribution is 0.626. The highest BCUT2D eigenvalue weighted by Crippen LogP contribution is 2.27. The minimum Gasteiger partial charge on any atom is -0.367 e. The molecule has 0 radical (unpaired) electrons. The van der Waals surface area contributed by atoms with E-state index in [2.05, 4.69) is 53.5 Å². The zero-order chi connectivity index (χ0) is 14.9. The van der Waals surface area contributed by atoms with Crippen LogP contribution < -0.4 is 10.6 Å². The van der Waals surface area contributed by atoms with Crippen molar-refractivity contribution in [2.75, 3.05) is 10.6 Å². The maximum Gasteiger partial charge on any atom is 0.225 e. The van der Waals surface area contributed by atoms with Crippen molar-refractivity contribution in [2.24, 2.45) is 0 Å². The third kappa shape index (κ3) is 3.94. The Morgan fingerprint density at radius 1 is 1.05 bits per heavy atom. The molecule has 1 fully saturated rings. The van der Waals surface area contributed by atoms with Gasteiger partial charge in [0.2, 0.25) is 5.95 Å². The van der Waals surface area contributed by atoms with Crippen LogP contribution >= 0.6 is 0 Å². The standard InChI is InChI=1S/C17H22N4/c1-17(2,3)21-16-19-14(12-7-5-4-6-8-12)11-15(20-16)18-13-9-10-13/h4-8,11,13H,9-10H2,1-3H3,(H2,18,19,20,21). The van der Waals surface area contributed by atoms with E-state index in [1.807, 2.05) is 24.3 Å². The van der Waals surface area contributed by atoms with Crippen LogP contribution in [0.5, 0.6) is 0 Å². The monoisotopic (exact) mass is 282 g/mol. The summed E-state index contributed by atoms with van der Waals surface area (Å²) >= 11 is 0. The lowest BCUT2D eigenvalue weighted by Crippen LogP contribution is -2.27. The van der Waals surface area contributed by atoms with Gasteiger partial charge in [-0.2, -0.15) is 4.98 Å². The van der Waals surface area contributed by atoms with Crippen LogP contribution in [0.2, 0.25) is 0 Å². The molecule has 1 aromatic carbocycles. The molecule has 21 heavy (non-hydrogen) atoms. The average Bonchev–Trinajstić information content (AvgIpc) is 3.21. The molecule has 110 valence electrons. The van der Waals surface area contributed by atoms with E-state index >= 15 is 0 Å². The van der Waals surface area contributed by atoms with E-state index in [0.29, 0.717) is 12.0 Å². The van der Waals surface area contributed by atoms with Crippen LogP contribution in [-0.4, -0.2) is 21.5 Å². The Hall–Kier alpha value is -2.10. The van der Waals surface area contributed by atoms with Gasteiger partial charge < -0.3 is 10.6 Å². The summed E-state index contributed by atoms with van der Waals surface area (Å²) in [7, 11) is 0. The quantitative estimate of drug-likeness (QED) is 0.892. The molecule has 4 heteroatoms. The van der Waals surface area contributed by atoms with Gasteiger partial charge in [-0.05, 0) is 33.6 Å². The molecule has 1 aromatic heterocycles. The molecule has 3 rings (SSSR count). The van der Waals surface area contributed by atoms with E-state index < -0.39 is 0 Å². The van der Waals surface area contributed by atoms with Gasteiger partial charge in [-0.3, -0.25) is 0 Å². The molecular weight excluding hydrogens is 260 g/mol. The fourth-order valence-corrected chi connectivity index (χ4v) is 2.11. The van der Waals surface area contributed by atoms with Crippen molar-refractivity contribution < 1.29 is 0 Å². The van der Waals surface area contributed by atoms with Crippen LogP contribution in [0.3, 0.4) is 0 Å². The maximum absolute atomic E-state index is 4.65. The Morgan fingerprint density at radius 2 is 1.76 bits per heavy atom. The van der Waals surface area contributed by atoms with Gasteiger partial charge in [0.15, 0.2) is 0 Å². The third-order valence-electron chi connectivity index (χ3n) is 3.21. The summed E-state index contributed by atoms with van der Waals surface area (Å²) in [5.41, 5.74) is 1.99. The summed E-state index contributed by atoms with van der Waals surface area (Å²) in [6, 6.07) is 12.8. The zero-order valence-corrected chi connectivity index (χ0v) is 12.9. The van der Waals surface area contributed by atoms with E-state index in [-0.39, 0.29) is 5.54 Å². The predicted octanol–water partition coefficient (Wildman–Crippen LogP) is 3.93. The highest BCUT2D eigenvalue weighted by molar-refractivity contribution is 5.64. The molecule has 2 aromatic rings. The number of hydrogen-bond donors (Lipinski definition) is 2. The zero-order valence-electron chi connectivity index (χ0n) is 12.9. The fourth-order valence-electron chi connectivity index (χ4n) is 2.11. The summed E-state index contributed by atoms with van der Waals surface area (Å²) in [5, 5.41) is 6.82. The number of aromatic nitrogens is 2. The summed E-state index contributed by atoms with van der Waals surface area (Å²) < 4.78 is 0. The molecule has 1 saturated carbocycles. The lowest BCUT2D eigenvalue weighted by atomic mass is 10.1. The molecule has 4 nitrogen and oxygen atoms in total. The Kier molecular flexibility index (Phi) is 3.53. The molecule has 0 bridgehead atoms. The Labute approximate surface area is 126 Å². The number of nitrogens with one attached hydrogen (secondary N) is 2. The molecule has 1 aliphatic carbocycles. The molecule has 1 heterocycles. The summed E-state index contributed by atoms with van der Waals surface area (Å²) in [6.07, 6.45) is 2.46. The van der Waals surface area contributed by atoms with Gasteiger partial charge in [0, 0.05) is 23.2 Å². The second-order valence-corrected chi connectivity index (χ2v) is 6.62. The molecule has 2 N–H and O–H groups in total. The minimum absolute atomic E-state index is 0.0633. The summed E-state index contributed by atoms with van der Waals surface area (Å²) in [5.74, 6) is 1.57. The van der Waals surface area contributed by atoms with E-state index in [9.17, 15) is 0 Å². The second-order valence-electron chi connectivity index (χ2n) is 6.62. The molecule has 0 unspecified atom stereocenters. The molecule has 0 atom stereocenters. The first-order valence-electron chi connectivity index (χ1n) is 7.49.